The monoisotopic (exact) mass is 466 g/mol. The number of halogens is 7. The molecule has 166 valence electrons. The first-order chi connectivity index (χ1) is 14.3. The van der Waals surface area contributed by atoms with E-state index in [1.165, 1.54) is 16.8 Å². The van der Waals surface area contributed by atoms with Crippen LogP contribution in [0.3, 0.4) is 0 Å². The molecule has 1 saturated carbocycles. The van der Waals surface area contributed by atoms with E-state index in [-0.39, 0.29) is 23.1 Å². The number of alkyl halides is 6. The summed E-state index contributed by atoms with van der Waals surface area (Å²) in [7, 11) is 1.09. The summed E-state index contributed by atoms with van der Waals surface area (Å²) < 4.78 is 83.3. The van der Waals surface area contributed by atoms with Crippen molar-refractivity contribution in [3.8, 4) is 0 Å². The molecule has 3 aromatic heterocycles. The maximum absolute atomic E-state index is 14.2. The second-order valence-electron chi connectivity index (χ2n) is 7.25. The van der Waals surface area contributed by atoms with Crippen LogP contribution < -0.4 is 5.56 Å². The molecule has 0 amide bonds. The molecule has 0 saturated heterocycles. The minimum absolute atomic E-state index is 0.0678. The molecule has 4 rings (SSSR count). The van der Waals surface area contributed by atoms with Crippen LogP contribution in [0.15, 0.2) is 29.3 Å². The number of pyridine rings is 2. The molecule has 1 aliphatic rings. The van der Waals surface area contributed by atoms with Gasteiger partial charge in [-0.2, -0.15) is 31.4 Å². The maximum atomic E-state index is 14.2. The number of aromatic nitrogens is 4. The van der Waals surface area contributed by atoms with Crippen molar-refractivity contribution in [1.29, 1.82) is 0 Å². The Morgan fingerprint density at radius 2 is 1.84 bits per heavy atom. The van der Waals surface area contributed by atoms with E-state index >= 15 is 0 Å². The number of aliphatic hydroxyl groups is 1. The normalized spacial score (nSPS) is 17.2. The van der Waals surface area contributed by atoms with Crippen LogP contribution in [0.2, 0.25) is 5.02 Å². The fourth-order valence-electron chi connectivity index (χ4n) is 3.55. The van der Waals surface area contributed by atoms with Crippen LogP contribution in [0.1, 0.15) is 35.8 Å². The predicted octanol–water partition coefficient (Wildman–Crippen LogP) is 3.94. The smallest absolute Gasteiger partial charge is 0.371 e. The van der Waals surface area contributed by atoms with Gasteiger partial charge in [0.15, 0.2) is 11.2 Å². The molecule has 1 fully saturated rings. The molecule has 0 bridgehead atoms. The Balaban J connectivity index is 1.99. The summed E-state index contributed by atoms with van der Waals surface area (Å²) in [6.45, 7) is 0. The fraction of sp³-hybridized carbons (Fsp3) is 0.389. The van der Waals surface area contributed by atoms with Gasteiger partial charge in [-0.25, -0.2) is 4.98 Å². The summed E-state index contributed by atoms with van der Waals surface area (Å²) in [5, 5.41) is 13.3. The second kappa shape index (κ2) is 6.70. The highest BCUT2D eigenvalue weighted by atomic mass is 35.5. The van der Waals surface area contributed by atoms with Gasteiger partial charge in [-0.1, -0.05) is 11.6 Å². The van der Waals surface area contributed by atoms with Crippen LogP contribution in [0, 0.1) is 0 Å². The highest BCUT2D eigenvalue weighted by Gasteiger charge is 2.59. The molecular formula is C18H13ClF6N4O2. The van der Waals surface area contributed by atoms with Crippen molar-refractivity contribution in [2.45, 2.75) is 36.8 Å². The average Bonchev–Trinajstić information content (AvgIpc) is 3.41. The van der Waals surface area contributed by atoms with Crippen molar-refractivity contribution in [2.75, 3.05) is 0 Å². The molecular weight excluding hydrogens is 454 g/mol. The largest absolute Gasteiger partial charge is 0.434 e. The number of nitrogens with zero attached hydrogens (tertiary/aromatic N) is 4. The van der Waals surface area contributed by atoms with Crippen molar-refractivity contribution in [1.82, 2.24) is 19.3 Å². The quantitative estimate of drug-likeness (QED) is 0.594. The van der Waals surface area contributed by atoms with Gasteiger partial charge >= 0.3 is 12.4 Å². The Bertz CT molecular complexity index is 1240. The van der Waals surface area contributed by atoms with Crippen molar-refractivity contribution in [3.63, 3.8) is 0 Å². The van der Waals surface area contributed by atoms with E-state index < -0.39 is 45.5 Å². The maximum Gasteiger partial charge on any atom is 0.434 e. The lowest BCUT2D eigenvalue weighted by Crippen LogP contribution is -2.45. The molecule has 6 nitrogen and oxygen atoms in total. The number of fused-ring (bicyclic) bond motifs is 1. The lowest BCUT2D eigenvalue weighted by atomic mass is 9.88. The highest BCUT2D eigenvalue weighted by Crippen LogP contribution is 2.47. The summed E-state index contributed by atoms with van der Waals surface area (Å²) in [5.41, 5.74) is -8.25. The van der Waals surface area contributed by atoms with Crippen molar-refractivity contribution < 1.29 is 31.4 Å². The molecule has 31 heavy (non-hydrogen) atoms. The third-order valence-corrected chi connectivity index (χ3v) is 5.43. The first kappa shape index (κ1) is 21.6. The molecule has 1 N–H and O–H groups in total. The van der Waals surface area contributed by atoms with Crippen LogP contribution >= 0.6 is 11.6 Å². The average molecular weight is 467 g/mol. The standard InChI is InChI=1S/C18H13ClF6N4O2/c1-28-14(10-4-5-29(9-2-3-9)15(30)12(10)27-28)16(31,18(23,24)25)8-6-11(19)13(26-7-8)17(20,21)22/h4-7,9,31H,2-3H2,1H3/t16-/m1/s1. The van der Waals surface area contributed by atoms with Crippen molar-refractivity contribution in [2.24, 2.45) is 7.05 Å². The Kier molecular flexibility index (Phi) is 4.67. The van der Waals surface area contributed by atoms with Gasteiger partial charge in [0.2, 0.25) is 5.60 Å². The first-order valence-corrected chi connectivity index (χ1v) is 9.25. The van der Waals surface area contributed by atoms with E-state index in [1.807, 2.05) is 0 Å². The predicted molar refractivity (Wildman–Crippen MR) is 96.5 cm³/mol. The first-order valence-electron chi connectivity index (χ1n) is 8.87. The van der Waals surface area contributed by atoms with Gasteiger partial charge in [-0.15, -0.1) is 0 Å². The number of hydrogen-bond acceptors (Lipinski definition) is 4. The van der Waals surface area contributed by atoms with Gasteiger partial charge in [0.1, 0.15) is 0 Å². The second-order valence-corrected chi connectivity index (χ2v) is 7.66. The van der Waals surface area contributed by atoms with Gasteiger partial charge in [0.05, 0.1) is 10.7 Å². The van der Waals surface area contributed by atoms with Gasteiger partial charge in [0.25, 0.3) is 5.56 Å². The Hall–Kier alpha value is -2.60. The van der Waals surface area contributed by atoms with Crippen LogP contribution in [-0.2, 0) is 18.8 Å². The Labute approximate surface area is 174 Å². The van der Waals surface area contributed by atoms with Crippen molar-refractivity contribution >= 4 is 22.5 Å². The SMILES string of the molecule is Cn1nc2c(=O)n(C3CC3)ccc2c1[C@](O)(c1cnc(C(F)(F)F)c(Cl)c1)C(F)(F)F. The number of hydrogen-bond donors (Lipinski definition) is 1. The molecule has 13 heteroatoms. The third-order valence-electron chi connectivity index (χ3n) is 5.14. The molecule has 0 aromatic carbocycles. The van der Waals surface area contributed by atoms with Crippen LogP contribution in [0.5, 0.6) is 0 Å². The lowest BCUT2D eigenvalue weighted by Gasteiger charge is -2.31. The molecule has 1 atom stereocenters. The minimum atomic E-state index is -5.41. The molecule has 3 aromatic rings. The lowest BCUT2D eigenvalue weighted by molar-refractivity contribution is -0.250. The van der Waals surface area contributed by atoms with Gasteiger partial charge in [-0.05, 0) is 25.0 Å². The van der Waals surface area contributed by atoms with Crippen LogP contribution in [-0.4, -0.2) is 30.6 Å². The summed E-state index contributed by atoms with van der Waals surface area (Å²) >= 11 is 5.54. The topological polar surface area (TPSA) is 72.9 Å². The Morgan fingerprint density at radius 3 is 2.35 bits per heavy atom. The number of rotatable bonds is 3. The third kappa shape index (κ3) is 3.28. The zero-order valence-corrected chi connectivity index (χ0v) is 16.3. The van der Waals surface area contributed by atoms with E-state index in [9.17, 15) is 36.2 Å². The summed E-state index contributed by atoms with van der Waals surface area (Å²) in [6, 6.07) is 1.50. The summed E-state index contributed by atoms with van der Waals surface area (Å²) in [5.74, 6) is 0. The zero-order valence-electron chi connectivity index (χ0n) is 15.6. The van der Waals surface area contributed by atoms with E-state index in [1.54, 1.807) is 0 Å². The molecule has 0 spiro atoms. The molecule has 3 heterocycles. The molecule has 0 unspecified atom stereocenters. The van der Waals surface area contributed by atoms with Gasteiger partial charge in [0, 0.05) is 36.4 Å². The van der Waals surface area contributed by atoms with Crippen molar-refractivity contribution in [3.05, 3.63) is 56.9 Å². The van der Waals surface area contributed by atoms with Gasteiger partial charge in [-0.3, -0.25) is 9.48 Å². The number of aryl methyl sites for hydroxylation is 1. The van der Waals surface area contributed by atoms with E-state index in [0.29, 0.717) is 10.7 Å². The van der Waals surface area contributed by atoms with Gasteiger partial charge < -0.3 is 9.67 Å². The van der Waals surface area contributed by atoms with E-state index in [0.717, 1.165) is 19.9 Å². The van der Waals surface area contributed by atoms with E-state index in [2.05, 4.69) is 10.1 Å². The molecule has 0 aliphatic heterocycles. The molecule has 1 aliphatic carbocycles. The van der Waals surface area contributed by atoms with Crippen LogP contribution in [0.4, 0.5) is 26.3 Å². The minimum Gasteiger partial charge on any atom is -0.371 e. The highest BCUT2D eigenvalue weighted by molar-refractivity contribution is 6.31. The summed E-state index contributed by atoms with van der Waals surface area (Å²) in [4.78, 5) is 15.7. The Morgan fingerprint density at radius 1 is 1.19 bits per heavy atom. The van der Waals surface area contributed by atoms with Crippen LogP contribution in [0.25, 0.3) is 10.9 Å². The van der Waals surface area contributed by atoms with E-state index in [4.69, 9.17) is 11.6 Å². The molecule has 0 radical (unpaired) electrons. The fourth-order valence-corrected chi connectivity index (χ4v) is 3.82. The zero-order chi connectivity index (χ0) is 22.9. The summed E-state index contributed by atoms with van der Waals surface area (Å²) in [6.07, 6.45) is -7.36.